The van der Waals surface area contributed by atoms with Crippen LogP contribution in [0.4, 0.5) is 0 Å². The van der Waals surface area contributed by atoms with E-state index in [-0.39, 0.29) is 30.0 Å². The zero-order valence-electron chi connectivity index (χ0n) is 15.8. The van der Waals surface area contributed by atoms with E-state index in [4.69, 9.17) is 15.5 Å². The molecule has 0 aliphatic carbocycles. The van der Waals surface area contributed by atoms with Crippen molar-refractivity contribution in [2.75, 3.05) is 39.8 Å². The summed E-state index contributed by atoms with van der Waals surface area (Å²) in [6.07, 6.45) is 3.82. The second kappa shape index (κ2) is 11.6. The number of nitrogens with zero attached hydrogens (tertiary/aromatic N) is 3. The molecule has 0 spiro atoms. The molecule has 0 saturated carbocycles. The van der Waals surface area contributed by atoms with Gasteiger partial charge in [-0.1, -0.05) is 24.6 Å². The number of likely N-dealkylation sites (tertiary alicyclic amines) is 1. The summed E-state index contributed by atoms with van der Waals surface area (Å²) < 4.78 is 5.60. The summed E-state index contributed by atoms with van der Waals surface area (Å²) in [5.74, 6) is 1.57. The van der Waals surface area contributed by atoms with E-state index >= 15 is 0 Å². The van der Waals surface area contributed by atoms with Crippen molar-refractivity contribution in [2.24, 2.45) is 10.7 Å². The van der Waals surface area contributed by atoms with Gasteiger partial charge in [0, 0.05) is 18.7 Å². The Morgan fingerprint density at radius 3 is 2.44 bits per heavy atom. The van der Waals surface area contributed by atoms with Gasteiger partial charge in [-0.3, -0.25) is 9.89 Å². The Morgan fingerprint density at radius 1 is 1.20 bits per heavy atom. The van der Waals surface area contributed by atoms with Crippen LogP contribution in [0.1, 0.15) is 44.7 Å². The number of hydrogen-bond acceptors (Lipinski definition) is 3. The maximum absolute atomic E-state index is 6.19. The number of nitrogens with two attached hydrogens (primary N) is 1. The summed E-state index contributed by atoms with van der Waals surface area (Å²) in [5, 5.41) is 0. The molecule has 1 fully saturated rings. The fourth-order valence-electron chi connectivity index (χ4n) is 3.41. The molecule has 1 atom stereocenters. The highest BCUT2D eigenvalue weighted by molar-refractivity contribution is 14.0. The molecular formula is C19H33IN4O. The van der Waals surface area contributed by atoms with E-state index in [2.05, 4.69) is 35.8 Å². The minimum Gasteiger partial charge on any atom is -0.496 e. The molecule has 25 heavy (non-hydrogen) atoms. The number of guanidine groups is 1. The number of rotatable bonds is 7. The number of benzene rings is 1. The number of halogens is 1. The van der Waals surface area contributed by atoms with Crippen molar-refractivity contribution in [2.45, 2.75) is 39.2 Å². The van der Waals surface area contributed by atoms with Crippen molar-refractivity contribution in [1.29, 1.82) is 0 Å². The minimum atomic E-state index is 0. The van der Waals surface area contributed by atoms with E-state index in [0.29, 0.717) is 12.5 Å². The second-order valence-corrected chi connectivity index (χ2v) is 6.23. The smallest absolute Gasteiger partial charge is 0.191 e. The molecule has 1 unspecified atom stereocenters. The predicted octanol–water partition coefficient (Wildman–Crippen LogP) is 3.50. The monoisotopic (exact) mass is 460 g/mol. The van der Waals surface area contributed by atoms with Crippen molar-refractivity contribution in [1.82, 2.24) is 9.80 Å². The molecule has 0 bridgehead atoms. The minimum absolute atomic E-state index is 0. The fraction of sp³-hybridized carbons (Fsp3) is 0.632. The van der Waals surface area contributed by atoms with Crippen molar-refractivity contribution in [3.63, 3.8) is 0 Å². The molecule has 1 aromatic carbocycles. The van der Waals surface area contributed by atoms with E-state index in [1.54, 1.807) is 7.11 Å². The zero-order chi connectivity index (χ0) is 17.4. The van der Waals surface area contributed by atoms with Gasteiger partial charge in [0.25, 0.3) is 0 Å². The molecule has 1 aliphatic heterocycles. The summed E-state index contributed by atoms with van der Waals surface area (Å²) >= 11 is 0. The topological polar surface area (TPSA) is 54.1 Å². The van der Waals surface area contributed by atoms with Crippen molar-refractivity contribution >= 4 is 29.9 Å². The van der Waals surface area contributed by atoms with Gasteiger partial charge in [0.15, 0.2) is 5.96 Å². The van der Waals surface area contributed by atoms with Crippen LogP contribution in [-0.2, 0) is 0 Å². The Bertz CT molecular complexity index is 528. The molecule has 2 N–H and O–H groups in total. The molecule has 5 nitrogen and oxygen atoms in total. The quantitative estimate of drug-likeness (QED) is 0.385. The van der Waals surface area contributed by atoms with Gasteiger partial charge in [0.2, 0.25) is 0 Å². The fourth-order valence-corrected chi connectivity index (χ4v) is 3.41. The maximum Gasteiger partial charge on any atom is 0.191 e. The third-order valence-electron chi connectivity index (χ3n) is 4.84. The molecule has 6 heteroatoms. The average molecular weight is 460 g/mol. The number of hydrogen-bond donors (Lipinski definition) is 1. The number of para-hydroxylation sites is 1. The van der Waals surface area contributed by atoms with Crippen molar-refractivity contribution in [3.8, 4) is 5.75 Å². The van der Waals surface area contributed by atoms with Crippen LogP contribution in [0.25, 0.3) is 0 Å². The molecule has 1 saturated heterocycles. The summed E-state index contributed by atoms with van der Waals surface area (Å²) in [7, 11) is 1.74. The molecule has 0 radical (unpaired) electrons. The standard InChI is InChI=1S/C19H32N4O.HI/c1-4-22(5-2)19(20)21-15-17(23-13-9-6-10-14-23)16-11-7-8-12-18(16)24-3;/h7-8,11-12,17H,4-6,9-10,13-15H2,1-3H3,(H2,20,21);1H. The highest BCUT2D eigenvalue weighted by atomic mass is 127. The summed E-state index contributed by atoms with van der Waals surface area (Å²) in [5.41, 5.74) is 7.40. The summed E-state index contributed by atoms with van der Waals surface area (Å²) in [6.45, 7) is 8.88. The molecule has 1 heterocycles. The first-order valence-corrected chi connectivity index (χ1v) is 9.13. The number of aliphatic imine (C=N–C) groups is 1. The van der Waals surface area contributed by atoms with Gasteiger partial charge in [0.1, 0.15) is 5.75 Å². The highest BCUT2D eigenvalue weighted by Gasteiger charge is 2.24. The number of piperidine rings is 1. The number of methoxy groups -OCH3 is 1. The Labute approximate surface area is 169 Å². The van der Waals surface area contributed by atoms with E-state index in [9.17, 15) is 0 Å². The Hall–Kier alpha value is -1.02. The largest absolute Gasteiger partial charge is 0.496 e. The van der Waals surface area contributed by atoms with Crippen LogP contribution >= 0.6 is 24.0 Å². The zero-order valence-corrected chi connectivity index (χ0v) is 18.1. The second-order valence-electron chi connectivity index (χ2n) is 6.23. The molecule has 142 valence electrons. The molecular weight excluding hydrogens is 427 g/mol. The lowest BCUT2D eigenvalue weighted by Gasteiger charge is -2.35. The third kappa shape index (κ3) is 6.02. The Kier molecular flexibility index (Phi) is 10.2. The SMILES string of the molecule is CCN(CC)C(N)=NCC(c1ccccc1OC)N1CCCCC1.I. The first kappa shape index (κ1) is 22.0. The van der Waals surface area contributed by atoms with E-state index in [1.807, 2.05) is 12.1 Å². The highest BCUT2D eigenvalue weighted by Crippen LogP contribution is 2.31. The van der Waals surface area contributed by atoms with E-state index in [1.165, 1.54) is 24.8 Å². The lowest BCUT2D eigenvalue weighted by Crippen LogP contribution is -2.39. The van der Waals surface area contributed by atoms with Crippen molar-refractivity contribution in [3.05, 3.63) is 29.8 Å². The maximum atomic E-state index is 6.19. The van der Waals surface area contributed by atoms with Gasteiger partial charge in [0.05, 0.1) is 19.7 Å². The first-order valence-electron chi connectivity index (χ1n) is 9.13. The van der Waals surface area contributed by atoms with Crippen molar-refractivity contribution < 1.29 is 4.74 Å². The van der Waals surface area contributed by atoms with Gasteiger partial charge >= 0.3 is 0 Å². The first-order chi connectivity index (χ1) is 11.7. The third-order valence-corrected chi connectivity index (χ3v) is 4.84. The van der Waals surface area contributed by atoms with E-state index < -0.39 is 0 Å². The lowest BCUT2D eigenvalue weighted by molar-refractivity contribution is 0.165. The lowest BCUT2D eigenvalue weighted by atomic mass is 10.0. The van der Waals surface area contributed by atoms with Crippen LogP contribution in [-0.4, -0.2) is 55.6 Å². The van der Waals surface area contributed by atoms with E-state index in [0.717, 1.165) is 31.9 Å². The van der Waals surface area contributed by atoms with Gasteiger partial charge in [-0.05, 0) is 45.8 Å². The molecule has 1 aliphatic rings. The average Bonchev–Trinajstić information content (AvgIpc) is 2.64. The van der Waals surface area contributed by atoms with Crippen LogP contribution in [0.2, 0.25) is 0 Å². The number of ether oxygens (including phenoxy) is 1. The summed E-state index contributed by atoms with van der Waals surface area (Å²) in [6, 6.07) is 8.50. The predicted molar refractivity (Wildman–Crippen MR) is 116 cm³/mol. The summed E-state index contributed by atoms with van der Waals surface area (Å²) in [4.78, 5) is 9.34. The van der Waals surface area contributed by atoms with Gasteiger partial charge in [-0.2, -0.15) is 0 Å². The van der Waals surface area contributed by atoms with Crippen LogP contribution in [0.5, 0.6) is 5.75 Å². The van der Waals surface area contributed by atoms with Crippen LogP contribution in [0, 0.1) is 0 Å². The van der Waals surface area contributed by atoms with Crippen LogP contribution in [0.15, 0.2) is 29.3 Å². The molecule has 0 aromatic heterocycles. The van der Waals surface area contributed by atoms with Crippen LogP contribution in [0.3, 0.4) is 0 Å². The normalized spacial score (nSPS) is 16.8. The molecule has 2 rings (SSSR count). The van der Waals surface area contributed by atoms with Gasteiger partial charge in [-0.25, -0.2) is 0 Å². The van der Waals surface area contributed by atoms with Gasteiger partial charge in [-0.15, -0.1) is 24.0 Å². The van der Waals surface area contributed by atoms with Crippen LogP contribution < -0.4 is 10.5 Å². The molecule has 1 aromatic rings. The van der Waals surface area contributed by atoms with Gasteiger partial charge < -0.3 is 15.4 Å². The Morgan fingerprint density at radius 2 is 1.84 bits per heavy atom. The Balaban J connectivity index is 0.00000312. The molecule has 0 amide bonds.